The second-order valence-corrected chi connectivity index (χ2v) is 6.81. The zero-order valence-corrected chi connectivity index (χ0v) is 15.0. The Balaban J connectivity index is 1.58. The summed E-state index contributed by atoms with van der Waals surface area (Å²) < 4.78 is 3.49. The number of amides is 1. The van der Waals surface area contributed by atoms with Gasteiger partial charge in [-0.25, -0.2) is 0 Å². The molecule has 0 bridgehead atoms. The highest BCUT2D eigenvalue weighted by molar-refractivity contribution is 6.30. The fourth-order valence-electron chi connectivity index (χ4n) is 3.26. The lowest BCUT2D eigenvalue weighted by molar-refractivity contribution is 0.0740. The number of hydrogen-bond donors (Lipinski definition) is 2. The Morgan fingerprint density at radius 1 is 1.38 bits per heavy atom. The van der Waals surface area contributed by atoms with Gasteiger partial charge in [0.05, 0.1) is 28.6 Å². The summed E-state index contributed by atoms with van der Waals surface area (Å²) in [4.78, 5) is 17.4. The third-order valence-electron chi connectivity index (χ3n) is 4.62. The molecular weight excluding hydrogens is 356 g/mol. The molecule has 1 amide bonds. The number of nitrogens with one attached hydrogen (secondary N) is 1. The summed E-state index contributed by atoms with van der Waals surface area (Å²) >= 11 is 5.91. The molecule has 0 aromatic carbocycles. The van der Waals surface area contributed by atoms with Crippen LogP contribution in [0.5, 0.6) is 0 Å². The summed E-state index contributed by atoms with van der Waals surface area (Å²) in [6.07, 6.45) is 3.17. The number of aliphatic hydroxyl groups is 1. The Labute approximate surface area is 155 Å². The molecule has 0 fully saturated rings. The average Bonchev–Trinajstić information content (AvgIpc) is 3.31. The van der Waals surface area contributed by atoms with E-state index in [1.165, 1.54) is 0 Å². The van der Waals surface area contributed by atoms with Gasteiger partial charge in [0.25, 0.3) is 5.91 Å². The van der Waals surface area contributed by atoms with Gasteiger partial charge in [-0.05, 0) is 24.6 Å². The molecule has 8 nitrogen and oxygen atoms in total. The van der Waals surface area contributed by atoms with E-state index in [1.54, 1.807) is 41.2 Å². The zero-order valence-electron chi connectivity index (χ0n) is 14.3. The molecule has 0 aliphatic carbocycles. The van der Waals surface area contributed by atoms with Gasteiger partial charge in [-0.2, -0.15) is 10.2 Å². The van der Waals surface area contributed by atoms with E-state index in [0.29, 0.717) is 41.7 Å². The van der Waals surface area contributed by atoms with Gasteiger partial charge in [-0.15, -0.1) is 0 Å². The molecule has 136 valence electrons. The first-order valence-corrected chi connectivity index (χ1v) is 8.76. The van der Waals surface area contributed by atoms with Crippen molar-refractivity contribution in [1.29, 1.82) is 0 Å². The van der Waals surface area contributed by atoms with Crippen LogP contribution in [0.1, 0.15) is 40.1 Å². The summed E-state index contributed by atoms with van der Waals surface area (Å²) in [5.41, 5.74) is 2.59. The minimum Gasteiger partial charge on any atom is -0.380 e. The molecular formula is C17H19ClN6O2. The maximum atomic E-state index is 12.7. The lowest BCUT2D eigenvalue weighted by Gasteiger charge is -2.19. The molecule has 0 saturated carbocycles. The molecule has 2 N–H and O–H groups in total. The van der Waals surface area contributed by atoms with E-state index >= 15 is 0 Å². The number of aryl methyl sites for hydroxylation is 2. The van der Waals surface area contributed by atoms with Gasteiger partial charge in [0.1, 0.15) is 11.8 Å². The number of aliphatic hydroxyl groups excluding tert-OH is 1. The van der Waals surface area contributed by atoms with Gasteiger partial charge in [-0.1, -0.05) is 11.6 Å². The first-order valence-electron chi connectivity index (χ1n) is 8.38. The van der Waals surface area contributed by atoms with Crippen molar-refractivity contribution >= 4 is 17.5 Å². The molecule has 0 saturated heterocycles. The number of aromatic amines is 1. The first-order chi connectivity index (χ1) is 12.5. The maximum Gasteiger partial charge on any atom is 0.270 e. The molecule has 9 heteroatoms. The van der Waals surface area contributed by atoms with Crippen LogP contribution >= 0.6 is 11.6 Å². The van der Waals surface area contributed by atoms with Crippen LogP contribution in [0.25, 0.3) is 0 Å². The third-order valence-corrected chi connectivity index (χ3v) is 4.84. The van der Waals surface area contributed by atoms with Gasteiger partial charge in [0.15, 0.2) is 0 Å². The molecule has 0 spiro atoms. The number of aromatic nitrogens is 5. The number of rotatable bonds is 3. The van der Waals surface area contributed by atoms with Crippen molar-refractivity contribution in [2.24, 2.45) is 7.05 Å². The SMILES string of the molecule is Cn1nccc1C(O)c1cc2n(n1)CCCN(C(=O)c1cc(Cl)c[nH]1)C2. The van der Waals surface area contributed by atoms with Crippen molar-refractivity contribution in [2.75, 3.05) is 6.54 Å². The van der Waals surface area contributed by atoms with Crippen molar-refractivity contribution in [1.82, 2.24) is 29.4 Å². The molecule has 4 rings (SSSR count). The number of H-pyrrole nitrogens is 1. The molecule has 3 aromatic heterocycles. The topological polar surface area (TPSA) is 92.0 Å². The minimum atomic E-state index is -0.853. The highest BCUT2D eigenvalue weighted by Gasteiger charge is 2.25. The van der Waals surface area contributed by atoms with Crippen molar-refractivity contribution in [2.45, 2.75) is 25.6 Å². The Morgan fingerprint density at radius 3 is 2.92 bits per heavy atom. The summed E-state index contributed by atoms with van der Waals surface area (Å²) in [5, 5.41) is 19.7. The minimum absolute atomic E-state index is 0.0970. The Morgan fingerprint density at radius 2 is 2.23 bits per heavy atom. The normalized spacial score (nSPS) is 15.6. The van der Waals surface area contributed by atoms with Gasteiger partial charge < -0.3 is 15.0 Å². The summed E-state index contributed by atoms with van der Waals surface area (Å²) in [6, 6.07) is 5.24. The standard InChI is InChI=1S/C17H19ClN6O2/c1-22-15(3-4-20-22)16(25)13-8-12-10-23(5-2-6-24(12)21-13)17(26)14-7-11(18)9-19-14/h3-4,7-9,16,19,25H,2,5-6,10H2,1H3. The van der Waals surface area contributed by atoms with E-state index in [-0.39, 0.29) is 5.91 Å². The maximum absolute atomic E-state index is 12.7. The monoisotopic (exact) mass is 374 g/mol. The van der Waals surface area contributed by atoms with Gasteiger partial charge in [0, 0.05) is 32.5 Å². The first kappa shape index (κ1) is 16.9. The van der Waals surface area contributed by atoms with E-state index in [1.807, 2.05) is 10.7 Å². The van der Waals surface area contributed by atoms with Gasteiger partial charge in [-0.3, -0.25) is 14.2 Å². The lowest BCUT2D eigenvalue weighted by Crippen LogP contribution is -2.30. The Kier molecular flexibility index (Phi) is 4.29. The van der Waals surface area contributed by atoms with Crippen LogP contribution in [0.3, 0.4) is 0 Å². The Hall–Kier alpha value is -2.58. The van der Waals surface area contributed by atoms with E-state index in [2.05, 4.69) is 15.2 Å². The molecule has 1 aliphatic heterocycles. The molecule has 1 atom stereocenters. The molecule has 0 radical (unpaired) electrons. The van der Waals surface area contributed by atoms with E-state index in [0.717, 1.165) is 12.1 Å². The number of carbonyl (C=O) groups is 1. The second-order valence-electron chi connectivity index (χ2n) is 6.38. The van der Waals surface area contributed by atoms with Crippen LogP contribution in [-0.2, 0) is 20.1 Å². The highest BCUT2D eigenvalue weighted by atomic mass is 35.5. The van der Waals surface area contributed by atoms with Crippen LogP contribution < -0.4 is 0 Å². The summed E-state index contributed by atoms with van der Waals surface area (Å²) in [5.74, 6) is -0.0970. The fourth-order valence-corrected chi connectivity index (χ4v) is 3.42. The van der Waals surface area contributed by atoms with Crippen LogP contribution in [0, 0.1) is 0 Å². The van der Waals surface area contributed by atoms with Crippen molar-refractivity contribution in [3.63, 3.8) is 0 Å². The predicted molar refractivity (Wildman–Crippen MR) is 94.7 cm³/mol. The van der Waals surface area contributed by atoms with Gasteiger partial charge >= 0.3 is 0 Å². The fraction of sp³-hybridized carbons (Fsp3) is 0.353. The molecule has 26 heavy (non-hydrogen) atoms. The lowest BCUT2D eigenvalue weighted by atomic mass is 10.2. The van der Waals surface area contributed by atoms with Crippen molar-refractivity contribution in [3.8, 4) is 0 Å². The van der Waals surface area contributed by atoms with Crippen LogP contribution in [-0.4, -0.2) is 47.0 Å². The van der Waals surface area contributed by atoms with E-state index in [4.69, 9.17) is 11.6 Å². The second kappa shape index (κ2) is 6.62. The highest BCUT2D eigenvalue weighted by Crippen LogP contribution is 2.24. The van der Waals surface area contributed by atoms with Crippen LogP contribution in [0.2, 0.25) is 5.02 Å². The average molecular weight is 375 g/mol. The number of carbonyl (C=O) groups excluding carboxylic acids is 1. The number of nitrogens with zero attached hydrogens (tertiary/aromatic N) is 5. The molecule has 4 heterocycles. The van der Waals surface area contributed by atoms with E-state index in [9.17, 15) is 9.90 Å². The summed E-state index contributed by atoms with van der Waals surface area (Å²) in [7, 11) is 1.78. The number of fused-ring (bicyclic) bond motifs is 1. The van der Waals surface area contributed by atoms with E-state index < -0.39 is 6.10 Å². The number of halogens is 1. The largest absolute Gasteiger partial charge is 0.380 e. The van der Waals surface area contributed by atoms with Gasteiger partial charge in [0.2, 0.25) is 0 Å². The van der Waals surface area contributed by atoms with Crippen molar-refractivity contribution in [3.05, 3.63) is 58.4 Å². The quantitative estimate of drug-likeness (QED) is 0.730. The van der Waals surface area contributed by atoms with Crippen LogP contribution in [0.15, 0.2) is 30.6 Å². The Bertz CT molecular complexity index is 943. The third kappa shape index (κ3) is 3.02. The predicted octanol–water partition coefficient (Wildman–Crippen LogP) is 1.73. The molecule has 3 aromatic rings. The summed E-state index contributed by atoms with van der Waals surface area (Å²) in [6.45, 7) is 1.77. The molecule has 1 aliphatic rings. The zero-order chi connectivity index (χ0) is 18.3. The van der Waals surface area contributed by atoms with Crippen LogP contribution in [0.4, 0.5) is 0 Å². The number of hydrogen-bond acceptors (Lipinski definition) is 4. The molecule has 1 unspecified atom stereocenters. The van der Waals surface area contributed by atoms with Crippen molar-refractivity contribution < 1.29 is 9.90 Å². The smallest absolute Gasteiger partial charge is 0.270 e.